The highest BCUT2D eigenvalue weighted by molar-refractivity contribution is 7.89. The number of primary sulfonamides is 1. The normalized spacial score (nSPS) is 11.6. The van der Waals surface area contributed by atoms with Gasteiger partial charge < -0.3 is 9.47 Å². The van der Waals surface area contributed by atoms with E-state index in [1.54, 1.807) is 27.0 Å². The van der Waals surface area contributed by atoms with Crippen LogP contribution >= 0.6 is 0 Å². The summed E-state index contributed by atoms with van der Waals surface area (Å²) in [5.74, 6) is 0.677. The Morgan fingerprint density at radius 3 is 2.39 bits per heavy atom. The third-order valence-electron chi connectivity index (χ3n) is 2.53. The summed E-state index contributed by atoms with van der Waals surface area (Å²) in [5.41, 5.74) is 1.34. The van der Waals surface area contributed by atoms with Crippen LogP contribution in [0.15, 0.2) is 17.0 Å². The highest BCUT2D eigenvalue weighted by Crippen LogP contribution is 2.25. The Labute approximate surface area is 108 Å². The molecule has 0 atom stereocenters. The highest BCUT2D eigenvalue weighted by Gasteiger charge is 2.14. The van der Waals surface area contributed by atoms with Gasteiger partial charge in [-0.2, -0.15) is 0 Å². The van der Waals surface area contributed by atoms with Crippen molar-refractivity contribution in [2.45, 2.75) is 25.2 Å². The zero-order valence-corrected chi connectivity index (χ0v) is 11.7. The number of methoxy groups -OCH3 is 1. The molecule has 0 radical (unpaired) electrons. The molecule has 0 fully saturated rings. The predicted molar refractivity (Wildman–Crippen MR) is 69.3 cm³/mol. The SMILES string of the molecule is COCCCOc1cc(C)c(S(N)(=O)=O)cc1C. The minimum Gasteiger partial charge on any atom is -0.493 e. The van der Waals surface area contributed by atoms with E-state index < -0.39 is 10.0 Å². The minimum absolute atomic E-state index is 0.143. The van der Waals surface area contributed by atoms with E-state index in [2.05, 4.69) is 0 Å². The molecule has 0 bridgehead atoms. The molecular weight excluding hydrogens is 254 g/mol. The molecule has 5 nitrogen and oxygen atoms in total. The van der Waals surface area contributed by atoms with Crippen LogP contribution in [0.3, 0.4) is 0 Å². The van der Waals surface area contributed by atoms with Crippen molar-refractivity contribution in [3.8, 4) is 5.75 Å². The van der Waals surface area contributed by atoms with E-state index in [4.69, 9.17) is 14.6 Å². The fraction of sp³-hybridized carbons (Fsp3) is 0.500. The van der Waals surface area contributed by atoms with Crippen molar-refractivity contribution < 1.29 is 17.9 Å². The summed E-state index contributed by atoms with van der Waals surface area (Å²) < 4.78 is 33.2. The van der Waals surface area contributed by atoms with Crippen molar-refractivity contribution >= 4 is 10.0 Å². The Morgan fingerprint density at radius 1 is 1.17 bits per heavy atom. The fourth-order valence-corrected chi connectivity index (χ4v) is 2.46. The van der Waals surface area contributed by atoms with Crippen molar-refractivity contribution in [2.24, 2.45) is 5.14 Å². The molecule has 0 aliphatic carbocycles. The maximum Gasteiger partial charge on any atom is 0.238 e. The van der Waals surface area contributed by atoms with E-state index in [0.717, 1.165) is 12.0 Å². The molecule has 0 aliphatic heterocycles. The van der Waals surface area contributed by atoms with E-state index >= 15 is 0 Å². The van der Waals surface area contributed by atoms with E-state index in [9.17, 15) is 8.42 Å². The van der Waals surface area contributed by atoms with Crippen LogP contribution in [0, 0.1) is 13.8 Å². The van der Waals surface area contributed by atoms with Crippen LogP contribution in [0.25, 0.3) is 0 Å². The summed E-state index contributed by atoms with van der Waals surface area (Å²) >= 11 is 0. The second-order valence-corrected chi connectivity index (χ2v) is 5.65. The Morgan fingerprint density at radius 2 is 1.83 bits per heavy atom. The maximum absolute atomic E-state index is 11.3. The van der Waals surface area contributed by atoms with Gasteiger partial charge in [-0.1, -0.05) is 0 Å². The molecule has 0 aromatic heterocycles. The molecule has 0 heterocycles. The molecule has 1 aromatic carbocycles. The number of hydrogen-bond donors (Lipinski definition) is 1. The Balaban J connectivity index is 2.87. The summed E-state index contributed by atoms with van der Waals surface area (Å²) in [6, 6.07) is 3.23. The van der Waals surface area contributed by atoms with E-state index in [1.807, 2.05) is 0 Å². The quantitative estimate of drug-likeness (QED) is 0.794. The molecule has 0 amide bonds. The summed E-state index contributed by atoms with van der Waals surface area (Å²) in [5, 5.41) is 5.13. The maximum atomic E-state index is 11.3. The van der Waals surface area contributed by atoms with E-state index in [1.165, 1.54) is 6.07 Å². The Hall–Kier alpha value is -1.11. The van der Waals surface area contributed by atoms with Crippen LogP contribution in [0.5, 0.6) is 5.75 Å². The van der Waals surface area contributed by atoms with Gasteiger partial charge in [-0.15, -0.1) is 0 Å². The van der Waals surface area contributed by atoms with Crippen molar-refractivity contribution in [1.29, 1.82) is 0 Å². The average Bonchev–Trinajstić information content (AvgIpc) is 2.27. The molecule has 18 heavy (non-hydrogen) atoms. The smallest absolute Gasteiger partial charge is 0.238 e. The third kappa shape index (κ3) is 3.97. The van der Waals surface area contributed by atoms with Gasteiger partial charge >= 0.3 is 0 Å². The zero-order valence-electron chi connectivity index (χ0n) is 10.9. The van der Waals surface area contributed by atoms with Crippen molar-refractivity contribution in [1.82, 2.24) is 0 Å². The number of hydrogen-bond acceptors (Lipinski definition) is 4. The van der Waals surface area contributed by atoms with Crippen LogP contribution < -0.4 is 9.88 Å². The van der Waals surface area contributed by atoms with Gasteiger partial charge in [-0.3, -0.25) is 0 Å². The number of ether oxygens (including phenoxy) is 2. The van der Waals surface area contributed by atoms with Gasteiger partial charge in [0.2, 0.25) is 10.0 Å². The third-order valence-corrected chi connectivity index (χ3v) is 3.58. The van der Waals surface area contributed by atoms with Crippen LogP contribution in [0.2, 0.25) is 0 Å². The van der Waals surface area contributed by atoms with Crippen molar-refractivity contribution in [3.05, 3.63) is 23.3 Å². The Bertz CT molecular complexity index is 511. The van der Waals surface area contributed by atoms with Gasteiger partial charge in [0.25, 0.3) is 0 Å². The molecule has 1 rings (SSSR count). The van der Waals surface area contributed by atoms with Crippen LogP contribution in [0.4, 0.5) is 0 Å². The number of nitrogens with two attached hydrogens (primary N) is 1. The van der Waals surface area contributed by atoms with Gasteiger partial charge in [0, 0.05) is 20.1 Å². The van der Waals surface area contributed by atoms with Crippen LogP contribution in [0.1, 0.15) is 17.5 Å². The number of rotatable bonds is 6. The molecule has 6 heteroatoms. The molecule has 0 saturated carbocycles. The predicted octanol–water partition coefficient (Wildman–Crippen LogP) is 1.37. The minimum atomic E-state index is -3.68. The average molecular weight is 273 g/mol. The molecule has 102 valence electrons. The first-order valence-electron chi connectivity index (χ1n) is 5.62. The lowest BCUT2D eigenvalue weighted by Crippen LogP contribution is -2.14. The standard InChI is InChI=1S/C12H19NO4S/c1-9-8-12(18(13,14)15)10(2)7-11(9)17-6-4-5-16-3/h7-8H,4-6H2,1-3H3,(H2,13,14,15). The largest absolute Gasteiger partial charge is 0.493 e. The summed E-state index contributed by atoms with van der Waals surface area (Å²) in [7, 11) is -2.04. The van der Waals surface area contributed by atoms with Crippen molar-refractivity contribution in [2.75, 3.05) is 20.3 Å². The Kier molecular flexibility index (Phi) is 5.13. The van der Waals surface area contributed by atoms with E-state index in [0.29, 0.717) is 24.5 Å². The first kappa shape index (κ1) is 14.9. The lowest BCUT2D eigenvalue weighted by atomic mass is 10.1. The lowest BCUT2D eigenvalue weighted by molar-refractivity contribution is 0.172. The van der Waals surface area contributed by atoms with E-state index in [-0.39, 0.29) is 4.90 Å². The number of benzene rings is 1. The summed E-state index contributed by atoms with van der Waals surface area (Å²) in [6.45, 7) is 4.65. The van der Waals surface area contributed by atoms with Gasteiger partial charge in [-0.25, -0.2) is 13.6 Å². The molecule has 0 unspecified atom stereocenters. The van der Waals surface area contributed by atoms with Gasteiger partial charge in [0.05, 0.1) is 11.5 Å². The zero-order chi connectivity index (χ0) is 13.8. The molecule has 1 aromatic rings. The topological polar surface area (TPSA) is 78.6 Å². The van der Waals surface area contributed by atoms with Crippen LogP contribution in [-0.4, -0.2) is 28.7 Å². The molecule has 0 aliphatic rings. The van der Waals surface area contributed by atoms with Gasteiger partial charge in [0.15, 0.2) is 0 Å². The molecule has 0 saturated heterocycles. The molecular formula is C12H19NO4S. The second kappa shape index (κ2) is 6.17. The van der Waals surface area contributed by atoms with Gasteiger partial charge in [0.1, 0.15) is 5.75 Å². The fourth-order valence-electron chi connectivity index (χ4n) is 1.61. The highest BCUT2D eigenvalue weighted by atomic mass is 32.2. The molecule has 2 N–H and O–H groups in total. The first-order valence-corrected chi connectivity index (χ1v) is 7.16. The first-order chi connectivity index (χ1) is 8.36. The number of sulfonamides is 1. The lowest BCUT2D eigenvalue weighted by Gasteiger charge is -2.12. The van der Waals surface area contributed by atoms with Crippen molar-refractivity contribution in [3.63, 3.8) is 0 Å². The molecule has 0 spiro atoms. The van der Waals surface area contributed by atoms with Gasteiger partial charge in [-0.05, 0) is 37.1 Å². The summed E-state index contributed by atoms with van der Waals surface area (Å²) in [6.07, 6.45) is 0.784. The number of aryl methyl sites for hydroxylation is 2. The summed E-state index contributed by atoms with van der Waals surface area (Å²) in [4.78, 5) is 0.143. The van der Waals surface area contributed by atoms with Crippen LogP contribution in [-0.2, 0) is 14.8 Å². The monoisotopic (exact) mass is 273 g/mol. The second-order valence-electron chi connectivity index (χ2n) is 4.12.